The van der Waals surface area contributed by atoms with E-state index in [9.17, 15) is 4.79 Å². The summed E-state index contributed by atoms with van der Waals surface area (Å²) in [5.74, 6) is 0.687. The zero-order chi connectivity index (χ0) is 13.5. The molecule has 1 amide bonds. The molecule has 0 aromatic heterocycles. The number of hydrogen-bond acceptors (Lipinski definition) is 4. The van der Waals surface area contributed by atoms with Gasteiger partial charge in [-0.2, -0.15) is 0 Å². The van der Waals surface area contributed by atoms with Crippen molar-refractivity contribution in [2.75, 3.05) is 45.9 Å². The van der Waals surface area contributed by atoms with Crippen LogP contribution in [-0.2, 0) is 9.53 Å². The molecule has 0 saturated carbocycles. The zero-order valence-corrected chi connectivity index (χ0v) is 12.0. The van der Waals surface area contributed by atoms with Gasteiger partial charge in [0, 0.05) is 38.6 Å². The predicted molar refractivity (Wildman–Crippen MR) is 75.1 cm³/mol. The molecule has 5 nitrogen and oxygen atoms in total. The molecule has 0 aromatic rings. The van der Waals surface area contributed by atoms with Gasteiger partial charge in [-0.05, 0) is 25.3 Å². The van der Waals surface area contributed by atoms with Crippen molar-refractivity contribution in [3.63, 3.8) is 0 Å². The smallest absolute Gasteiger partial charge is 0.221 e. The lowest BCUT2D eigenvalue weighted by molar-refractivity contribution is -0.121. The average Bonchev–Trinajstić information content (AvgIpc) is 2.90. The largest absolute Gasteiger partial charge is 0.379 e. The van der Waals surface area contributed by atoms with Crippen molar-refractivity contribution < 1.29 is 9.53 Å². The molecular formula is C14H27N3O2. The third-order valence-corrected chi connectivity index (χ3v) is 3.92. The number of nitrogens with one attached hydrogen (secondary N) is 2. The maximum Gasteiger partial charge on any atom is 0.221 e. The van der Waals surface area contributed by atoms with E-state index >= 15 is 0 Å². The lowest BCUT2D eigenvalue weighted by Crippen LogP contribution is -2.42. The normalized spacial score (nSPS) is 26.3. The van der Waals surface area contributed by atoms with Crippen molar-refractivity contribution in [3.8, 4) is 0 Å². The van der Waals surface area contributed by atoms with Gasteiger partial charge in [-0.3, -0.25) is 9.69 Å². The van der Waals surface area contributed by atoms with Gasteiger partial charge in [0.25, 0.3) is 0 Å². The quantitative estimate of drug-likeness (QED) is 0.724. The zero-order valence-electron chi connectivity index (χ0n) is 12.0. The number of rotatable bonds is 6. The van der Waals surface area contributed by atoms with Gasteiger partial charge < -0.3 is 15.4 Å². The fourth-order valence-electron chi connectivity index (χ4n) is 2.80. The first-order chi connectivity index (χ1) is 9.24. The van der Waals surface area contributed by atoms with Crippen LogP contribution in [0.1, 0.15) is 26.2 Å². The summed E-state index contributed by atoms with van der Waals surface area (Å²) in [4.78, 5) is 14.2. The van der Waals surface area contributed by atoms with E-state index in [-0.39, 0.29) is 5.91 Å². The molecule has 2 saturated heterocycles. The number of carbonyl (C=O) groups is 1. The minimum absolute atomic E-state index is 0.188. The Kier molecular flexibility index (Phi) is 6.07. The van der Waals surface area contributed by atoms with Gasteiger partial charge in [0.15, 0.2) is 0 Å². The molecule has 2 aliphatic rings. The molecule has 5 heteroatoms. The van der Waals surface area contributed by atoms with Gasteiger partial charge >= 0.3 is 0 Å². The van der Waals surface area contributed by atoms with Gasteiger partial charge in [0.05, 0.1) is 13.2 Å². The molecule has 0 aromatic carbocycles. The van der Waals surface area contributed by atoms with Crippen LogP contribution >= 0.6 is 0 Å². The second kappa shape index (κ2) is 7.82. The third kappa shape index (κ3) is 5.47. The van der Waals surface area contributed by atoms with Gasteiger partial charge in [0.1, 0.15) is 0 Å². The minimum atomic E-state index is 0.188. The first kappa shape index (κ1) is 14.8. The molecular weight excluding hydrogens is 242 g/mol. The standard InChI is InChI=1S/C14H27N3O2/c1-12(11-17-5-7-19-8-6-17)10-16-14(18)9-13-3-2-4-15-13/h12-13,15H,2-11H2,1H3,(H,16,18). The van der Waals surface area contributed by atoms with Crippen molar-refractivity contribution in [1.29, 1.82) is 0 Å². The van der Waals surface area contributed by atoms with Crippen molar-refractivity contribution in [2.45, 2.75) is 32.2 Å². The highest BCUT2D eigenvalue weighted by Crippen LogP contribution is 2.08. The molecule has 0 radical (unpaired) electrons. The highest BCUT2D eigenvalue weighted by Gasteiger charge is 2.18. The fraction of sp³-hybridized carbons (Fsp3) is 0.929. The van der Waals surface area contributed by atoms with E-state index in [0.29, 0.717) is 18.4 Å². The second-order valence-electron chi connectivity index (χ2n) is 5.82. The molecule has 2 rings (SSSR count). The van der Waals surface area contributed by atoms with Crippen LogP contribution in [0.5, 0.6) is 0 Å². The van der Waals surface area contributed by atoms with E-state index < -0.39 is 0 Å². The van der Waals surface area contributed by atoms with Crippen LogP contribution in [0.25, 0.3) is 0 Å². The van der Waals surface area contributed by atoms with Crippen LogP contribution in [0.2, 0.25) is 0 Å². The minimum Gasteiger partial charge on any atom is -0.379 e. The molecule has 0 bridgehead atoms. The van der Waals surface area contributed by atoms with Crippen molar-refractivity contribution in [2.24, 2.45) is 5.92 Å². The number of carbonyl (C=O) groups excluding carboxylic acids is 1. The Morgan fingerprint density at radius 3 is 2.95 bits per heavy atom. The summed E-state index contributed by atoms with van der Waals surface area (Å²) < 4.78 is 5.34. The lowest BCUT2D eigenvalue weighted by atomic mass is 10.1. The summed E-state index contributed by atoms with van der Waals surface area (Å²) in [7, 11) is 0. The Morgan fingerprint density at radius 1 is 1.47 bits per heavy atom. The number of nitrogens with zero attached hydrogens (tertiary/aromatic N) is 1. The highest BCUT2D eigenvalue weighted by molar-refractivity contribution is 5.76. The highest BCUT2D eigenvalue weighted by atomic mass is 16.5. The topological polar surface area (TPSA) is 53.6 Å². The Labute approximate surface area is 116 Å². The van der Waals surface area contributed by atoms with E-state index in [1.165, 1.54) is 6.42 Å². The summed E-state index contributed by atoms with van der Waals surface area (Å²) in [5.41, 5.74) is 0. The van der Waals surface area contributed by atoms with E-state index in [0.717, 1.165) is 52.4 Å². The van der Waals surface area contributed by atoms with E-state index in [1.54, 1.807) is 0 Å². The summed E-state index contributed by atoms with van der Waals surface area (Å²) in [6, 6.07) is 0.398. The van der Waals surface area contributed by atoms with Crippen LogP contribution in [0, 0.1) is 5.92 Å². The average molecular weight is 269 g/mol. The van der Waals surface area contributed by atoms with Crippen molar-refractivity contribution >= 4 is 5.91 Å². The molecule has 2 unspecified atom stereocenters. The van der Waals surface area contributed by atoms with Crippen LogP contribution in [0.4, 0.5) is 0 Å². The molecule has 2 N–H and O–H groups in total. The number of morpholine rings is 1. The molecule has 0 aliphatic carbocycles. The lowest BCUT2D eigenvalue weighted by Gasteiger charge is -2.29. The number of ether oxygens (including phenoxy) is 1. The second-order valence-corrected chi connectivity index (χ2v) is 5.82. The van der Waals surface area contributed by atoms with Crippen molar-refractivity contribution in [3.05, 3.63) is 0 Å². The maximum absolute atomic E-state index is 11.8. The molecule has 110 valence electrons. The summed E-state index contributed by atoms with van der Waals surface area (Å²) in [6.07, 6.45) is 2.96. The first-order valence-electron chi connectivity index (χ1n) is 7.54. The molecule has 2 heterocycles. The molecule has 2 fully saturated rings. The third-order valence-electron chi connectivity index (χ3n) is 3.92. The molecule has 0 spiro atoms. The van der Waals surface area contributed by atoms with E-state index in [2.05, 4.69) is 22.5 Å². The Morgan fingerprint density at radius 2 is 2.26 bits per heavy atom. The molecule has 2 aliphatic heterocycles. The van der Waals surface area contributed by atoms with Gasteiger partial charge in [0.2, 0.25) is 5.91 Å². The molecule has 19 heavy (non-hydrogen) atoms. The fourth-order valence-corrected chi connectivity index (χ4v) is 2.80. The first-order valence-corrected chi connectivity index (χ1v) is 7.54. The monoisotopic (exact) mass is 269 g/mol. The Bertz CT molecular complexity index is 274. The SMILES string of the molecule is CC(CNC(=O)CC1CCCN1)CN1CCOCC1. The van der Waals surface area contributed by atoms with Crippen LogP contribution in [0.15, 0.2) is 0 Å². The van der Waals surface area contributed by atoms with E-state index in [4.69, 9.17) is 4.74 Å². The van der Waals surface area contributed by atoms with Gasteiger partial charge in [-0.1, -0.05) is 6.92 Å². The Balaban J connectivity index is 1.56. The molecule has 2 atom stereocenters. The van der Waals surface area contributed by atoms with Crippen molar-refractivity contribution in [1.82, 2.24) is 15.5 Å². The van der Waals surface area contributed by atoms with Crippen LogP contribution in [-0.4, -0.2) is 62.8 Å². The van der Waals surface area contributed by atoms with Crippen LogP contribution in [0.3, 0.4) is 0 Å². The summed E-state index contributed by atoms with van der Waals surface area (Å²) >= 11 is 0. The predicted octanol–water partition coefficient (Wildman–Crippen LogP) is 0.213. The van der Waals surface area contributed by atoms with Crippen LogP contribution < -0.4 is 10.6 Å². The number of hydrogen-bond donors (Lipinski definition) is 2. The van der Waals surface area contributed by atoms with Gasteiger partial charge in [-0.25, -0.2) is 0 Å². The summed E-state index contributed by atoms with van der Waals surface area (Å²) in [5, 5.41) is 6.42. The summed E-state index contributed by atoms with van der Waals surface area (Å²) in [6.45, 7) is 8.80. The number of amides is 1. The maximum atomic E-state index is 11.8. The van der Waals surface area contributed by atoms with Gasteiger partial charge in [-0.15, -0.1) is 0 Å². The van der Waals surface area contributed by atoms with E-state index in [1.807, 2.05) is 0 Å². The Hall–Kier alpha value is -0.650.